The Bertz CT molecular complexity index is 1200. The van der Waals surface area contributed by atoms with Crippen LogP contribution < -0.4 is 58.0 Å². The van der Waals surface area contributed by atoms with Gasteiger partial charge in [-0.2, -0.15) is 16.7 Å². The maximum Gasteiger partial charge on any atom is 4.00 e. The minimum atomic E-state index is -2.53. The first-order chi connectivity index (χ1) is 18.9. The summed E-state index contributed by atoms with van der Waals surface area (Å²) in [7, 11) is -2.53. The predicted octanol–water partition coefficient (Wildman–Crippen LogP) is -1.25. The van der Waals surface area contributed by atoms with E-state index in [0.29, 0.717) is 0 Å². The van der Waals surface area contributed by atoms with Crippen molar-refractivity contribution in [2.75, 3.05) is 0 Å². The van der Waals surface area contributed by atoms with Gasteiger partial charge in [0.2, 0.25) is 0 Å². The number of benzene rings is 3. The molecule has 0 N–H and O–H groups in total. The van der Waals surface area contributed by atoms with Crippen LogP contribution in [0.2, 0.25) is 0 Å². The fourth-order valence-corrected chi connectivity index (χ4v) is 11.7. The van der Waals surface area contributed by atoms with E-state index in [1.165, 1.54) is 87.5 Å². The first kappa shape index (κ1) is 41.8. The zero-order valence-electron chi connectivity index (χ0n) is 27.0. The Hall–Kier alpha value is -1.19. The normalized spacial score (nSPS) is 10.7. The Morgan fingerprint density at radius 1 is 0.512 bits per heavy atom. The molecular formula is C38H49Cl3SiTi. The molecule has 0 unspecified atom stereocenters. The van der Waals surface area contributed by atoms with Gasteiger partial charge in [0.1, 0.15) is 8.07 Å². The SMILES string of the molecule is CCCCc1ccc([Si](c2ccc(CCCC)cc2)(c2ccc(CCCC)cc2)[c-]2c(C)cc(C)c2C)cc1.[Cl-].[Cl-].[Cl-].[Ti+4]. The smallest absolute Gasteiger partial charge is 1.00 e. The van der Waals surface area contributed by atoms with E-state index in [2.05, 4.69) is 120 Å². The summed E-state index contributed by atoms with van der Waals surface area (Å²) in [5.74, 6) is 0. The molecule has 0 aromatic heterocycles. The van der Waals surface area contributed by atoms with Crippen LogP contribution in [-0.2, 0) is 41.0 Å². The number of rotatable bonds is 13. The first-order valence-corrected chi connectivity index (χ1v) is 17.5. The molecule has 0 fully saturated rings. The molecule has 5 heteroatoms. The van der Waals surface area contributed by atoms with Crippen molar-refractivity contribution in [3.8, 4) is 0 Å². The largest absolute Gasteiger partial charge is 4.00 e. The molecule has 0 bridgehead atoms. The van der Waals surface area contributed by atoms with Crippen molar-refractivity contribution in [1.82, 2.24) is 0 Å². The molecular weight excluding hydrogens is 639 g/mol. The molecule has 0 saturated heterocycles. The van der Waals surface area contributed by atoms with Gasteiger partial charge in [0.25, 0.3) is 0 Å². The van der Waals surface area contributed by atoms with E-state index in [1.54, 1.807) is 5.19 Å². The second-order valence-electron chi connectivity index (χ2n) is 11.7. The van der Waals surface area contributed by atoms with Gasteiger partial charge < -0.3 is 37.2 Å². The van der Waals surface area contributed by atoms with Crippen LogP contribution in [0.15, 0.2) is 78.9 Å². The third-order valence-electron chi connectivity index (χ3n) is 8.79. The molecule has 0 aliphatic rings. The topological polar surface area (TPSA) is 0 Å². The van der Waals surface area contributed by atoms with Crippen molar-refractivity contribution in [3.05, 3.63) is 112 Å². The summed E-state index contributed by atoms with van der Waals surface area (Å²) in [6, 6.07) is 31.8. The molecule has 0 spiro atoms. The summed E-state index contributed by atoms with van der Waals surface area (Å²) in [6.07, 6.45) is 11.0. The third-order valence-corrected chi connectivity index (χ3v) is 13.9. The Kier molecular flexibility index (Phi) is 19.5. The average Bonchev–Trinajstić information content (AvgIpc) is 3.22. The second-order valence-corrected chi connectivity index (χ2v) is 15.4. The van der Waals surface area contributed by atoms with E-state index < -0.39 is 8.07 Å². The summed E-state index contributed by atoms with van der Waals surface area (Å²) >= 11 is 0. The maximum atomic E-state index is 2.48. The van der Waals surface area contributed by atoms with Gasteiger partial charge in [0.15, 0.2) is 0 Å². The zero-order chi connectivity index (χ0) is 27.8. The van der Waals surface area contributed by atoms with Crippen LogP contribution in [0.5, 0.6) is 0 Å². The van der Waals surface area contributed by atoms with E-state index in [-0.39, 0.29) is 58.9 Å². The van der Waals surface area contributed by atoms with Crippen molar-refractivity contribution in [2.45, 2.75) is 99.3 Å². The molecule has 0 aliphatic carbocycles. The predicted molar refractivity (Wildman–Crippen MR) is 176 cm³/mol. The van der Waals surface area contributed by atoms with Gasteiger partial charge in [0.05, 0.1) is 0 Å². The Morgan fingerprint density at radius 2 is 0.814 bits per heavy atom. The van der Waals surface area contributed by atoms with Crippen LogP contribution in [0.25, 0.3) is 0 Å². The van der Waals surface area contributed by atoms with Gasteiger partial charge in [-0.1, -0.05) is 149 Å². The van der Waals surface area contributed by atoms with Gasteiger partial charge >= 0.3 is 21.7 Å². The fraction of sp³-hybridized carbons (Fsp3) is 0.395. The Balaban J connectivity index is 0.00000441. The summed E-state index contributed by atoms with van der Waals surface area (Å²) in [4.78, 5) is 0. The van der Waals surface area contributed by atoms with Crippen molar-refractivity contribution in [2.24, 2.45) is 0 Å². The van der Waals surface area contributed by atoms with Gasteiger partial charge in [-0.05, 0) is 55.2 Å². The van der Waals surface area contributed by atoms with E-state index in [9.17, 15) is 0 Å². The first-order valence-electron chi connectivity index (χ1n) is 15.5. The standard InChI is InChI=1S/C38H49Si.3ClH.Ti/c1-7-10-13-32-16-22-35(23-17-32)39(38-30(5)28-29(4)31(38)6,36-24-18-33(19-25-36)14-11-8-2)37-26-20-34(21-27-37)15-12-9-3;;;;/h16-28H,7-15H2,1-6H3;3*1H;/q-1;;;;+4/p-3. The molecule has 0 radical (unpaired) electrons. The van der Waals surface area contributed by atoms with Crippen LogP contribution in [0.3, 0.4) is 0 Å². The maximum absolute atomic E-state index is 2.53. The minimum absolute atomic E-state index is 0. The average molecular weight is 688 g/mol. The molecule has 0 heterocycles. The number of hydrogen-bond donors (Lipinski definition) is 0. The van der Waals surface area contributed by atoms with Crippen LogP contribution in [0.4, 0.5) is 0 Å². The molecule has 0 atom stereocenters. The molecule has 4 rings (SSSR count). The minimum Gasteiger partial charge on any atom is -1.00 e. The molecule has 4 aromatic carbocycles. The summed E-state index contributed by atoms with van der Waals surface area (Å²) in [5, 5.41) is 6.09. The van der Waals surface area contributed by atoms with E-state index in [1.807, 2.05) is 0 Å². The molecule has 4 aromatic rings. The van der Waals surface area contributed by atoms with Gasteiger partial charge in [0, 0.05) is 0 Å². The van der Waals surface area contributed by atoms with Gasteiger partial charge in [-0.3, -0.25) is 0 Å². The van der Waals surface area contributed by atoms with Gasteiger partial charge in [-0.25, -0.2) is 6.07 Å². The summed E-state index contributed by atoms with van der Waals surface area (Å²) < 4.78 is 0. The van der Waals surface area contributed by atoms with Crippen molar-refractivity contribution in [3.63, 3.8) is 0 Å². The molecule has 0 aliphatic heterocycles. The number of aryl methyl sites for hydroxylation is 5. The van der Waals surface area contributed by atoms with Crippen LogP contribution >= 0.6 is 0 Å². The van der Waals surface area contributed by atoms with Crippen LogP contribution in [0, 0.1) is 20.8 Å². The molecule has 0 saturated carbocycles. The summed E-state index contributed by atoms with van der Waals surface area (Å²) in [6.45, 7) is 13.8. The van der Waals surface area contributed by atoms with Crippen molar-refractivity contribution in [1.29, 1.82) is 0 Å². The van der Waals surface area contributed by atoms with Crippen molar-refractivity contribution < 1.29 is 58.9 Å². The summed E-state index contributed by atoms with van der Waals surface area (Å²) in [5.41, 5.74) is 8.70. The molecule has 230 valence electrons. The number of halogens is 3. The van der Waals surface area contributed by atoms with E-state index in [0.717, 1.165) is 19.3 Å². The fourth-order valence-electron chi connectivity index (χ4n) is 6.42. The number of hydrogen-bond acceptors (Lipinski definition) is 0. The van der Waals surface area contributed by atoms with E-state index >= 15 is 0 Å². The second kappa shape index (κ2) is 20.0. The number of unbranched alkanes of at least 4 members (excludes halogenated alkanes) is 3. The van der Waals surface area contributed by atoms with E-state index in [4.69, 9.17) is 0 Å². The van der Waals surface area contributed by atoms with Crippen LogP contribution in [0.1, 0.15) is 92.7 Å². The Morgan fingerprint density at radius 3 is 1.05 bits per heavy atom. The van der Waals surface area contributed by atoms with Crippen LogP contribution in [-0.4, -0.2) is 8.07 Å². The molecule has 0 nitrogen and oxygen atoms in total. The molecule has 0 amide bonds. The molecule has 43 heavy (non-hydrogen) atoms. The van der Waals surface area contributed by atoms with Gasteiger partial charge in [-0.15, -0.1) is 5.19 Å². The third kappa shape index (κ3) is 9.41. The Labute approximate surface area is 297 Å². The quantitative estimate of drug-likeness (QED) is 0.0937. The van der Waals surface area contributed by atoms with Crippen molar-refractivity contribution >= 4 is 28.8 Å². The zero-order valence-corrected chi connectivity index (χ0v) is 31.8. The monoisotopic (exact) mass is 686 g/mol.